The van der Waals surface area contributed by atoms with Crippen molar-refractivity contribution in [3.8, 4) is 5.88 Å². The highest BCUT2D eigenvalue weighted by Crippen LogP contribution is 2.29. The number of methoxy groups -OCH3 is 1. The van der Waals surface area contributed by atoms with Gasteiger partial charge in [0.05, 0.1) is 7.11 Å². The number of rotatable bonds is 7. The number of aromatic nitrogens is 2. The fourth-order valence-electron chi connectivity index (χ4n) is 4.05. The Labute approximate surface area is 186 Å². The Balaban J connectivity index is 1.41. The highest BCUT2D eigenvalue weighted by Gasteiger charge is 2.26. The molecule has 1 aliphatic rings. The Hall–Kier alpha value is -3.42. The van der Waals surface area contributed by atoms with Crippen molar-refractivity contribution in [3.05, 3.63) is 65.4 Å². The number of benzene rings is 1. The number of nitrogens with zero attached hydrogens (tertiary/aromatic N) is 3. The molecule has 0 radical (unpaired) electrons. The number of anilines is 2. The number of amides is 1. The lowest BCUT2D eigenvalue weighted by Gasteiger charge is -2.33. The Bertz CT molecular complexity index is 1080. The maximum absolute atomic E-state index is 13.5. The van der Waals surface area contributed by atoms with Crippen molar-refractivity contribution in [1.29, 1.82) is 0 Å². The van der Waals surface area contributed by atoms with Gasteiger partial charge in [0.15, 0.2) is 0 Å². The first-order valence-electron chi connectivity index (χ1n) is 10.8. The first kappa shape index (κ1) is 21.8. The predicted molar refractivity (Wildman–Crippen MR) is 119 cm³/mol. The number of carbonyl (C=O) groups is 1. The zero-order valence-electron chi connectivity index (χ0n) is 18.3. The third kappa shape index (κ3) is 5.43. The number of aryl methyl sites for hydroxylation is 2. The monoisotopic (exact) mass is 438 g/mol. The van der Waals surface area contributed by atoms with Crippen LogP contribution in [0.5, 0.6) is 5.88 Å². The topological polar surface area (TPSA) is 80.5 Å². The van der Waals surface area contributed by atoms with Crippen molar-refractivity contribution < 1.29 is 18.4 Å². The fourth-order valence-corrected chi connectivity index (χ4v) is 4.05. The third-order valence-corrected chi connectivity index (χ3v) is 5.61. The van der Waals surface area contributed by atoms with Crippen LogP contribution in [0.2, 0.25) is 0 Å². The van der Waals surface area contributed by atoms with Gasteiger partial charge in [-0.15, -0.1) is 0 Å². The minimum absolute atomic E-state index is 0.0934. The average molecular weight is 439 g/mol. The van der Waals surface area contributed by atoms with Crippen molar-refractivity contribution in [2.24, 2.45) is 0 Å². The number of carbonyl (C=O) groups excluding carboxylic acids is 1. The van der Waals surface area contributed by atoms with Crippen molar-refractivity contribution in [2.75, 3.05) is 25.5 Å². The number of hydrogen-bond donors (Lipinski definition) is 1. The summed E-state index contributed by atoms with van der Waals surface area (Å²) >= 11 is 0. The van der Waals surface area contributed by atoms with Gasteiger partial charge >= 0.3 is 0 Å². The van der Waals surface area contributed by atoms with Gasteiger partial charge in [-0.2, -0.15) is 0 Å². The summed E-state index contributed by atoms with van der Waals surface area (Å²) in [5.74, 6) is 1.02. The molecule has 0 bridgehead atoms. The number of piperidine rings is 1. The van der Waals surface area contributed by atoms with E-state index in [-0.39, 0.29) is 17.6 Å². The summed E-state index contributed by atoms with van der Waals surface area (Å²) in [5.41, 5.74) is 3.37. The Kier molecular flexibility index (Phi) is 6.68. The molecular formula is C24H27FN4O3. The van der Waals surface area contributed by atoms with Crippen LogP contribution in [-0.4, -0.2) is 41.1 Å². The summed E-state index contributed by atoms with van der Waals surface area (Å²) in [6, 6.07) is 12.0. The van der Waals surface area contributed by atoms with E-state index < -0.39 is 0 Å². The standard InChI is InChI=1S/C24H27FN4O3/c1-16-11-20(27-19-7-3-6-18(25)12-19)13-22(26-16)17-5-4-10-29(15-17)24(30)9-8-21-14-23(31-2)28-32-21/h3,6-7,11-14,17H,4-5,8-10,15H2,1-2H3,(H,26,27). The summed E-state index contributed by atoms with van der Waals surface area (Å²) in [6.45, 7) is 3.32. The highest BCUT2D eigenvalue weighted by atomic mass is 19.1. The van der Waals surface area contributed by atoms with E-state index in [1.54, 1.807) is 12.1 Å². The average Bonchev–Trinajstić information content (AvgIpc) is 3.25. The second kappa shape index (κ2) is 9.80. The van der Waals surface area contributed by atoms with Crippen LogP contribution in [0.25, 0.3) is 0 Å². The van der Waals surface area contributed by atoms with Crippen molar-refractivity contribution in [3.63, 3.8) is 0 Å². The summed E-state index contributed by atoms with van der Waals surface area (Å²) in [4.78, 5) is 19.4. The highest BCUT2D eigenvalue weighted by molar-refractivity contribution is 5.76. The predicted octanol–water partition coefficient (Wildman–Crippen LogP) is 4.61. The van der Waals surface area contributed by atoms with Crippen molar-refractivity contribution >= 4 is 17.3 Å². The molecule has 1 atom stereocenters. The maximum atomic E-state index is 13.5. The first-order chi connectivity index (χ1) is 15.5. The zero-order chi connectivity index (χ0) is 22.5. The van der Waals surface area contributed by atoms with Gasteiger partial charge in [-0.3, -0.25) is 9.78 Å². The van der Waals surface area contributed by atoms with Crippen molar-refractivity contribution in [2.45, 2.75) is 38.5 Å². The minimum atomic E-state index is -0.286. The number of nitrogens with one attached hydrogen (secondary N) is 1. The molecule has 1 aromatic carbocycles. The molecule has 0 spiro atoms. The minimum Gasteiger partial charge on any atom is -0.479 e. The lowest BCUT2D eigenvalue weighted by atomic mass is 9.93. The number of hydrogen-bond acceptors (Lipinski definition) is 6. The Morgan fingerprint density at radius 1 is 1.28 bits per heavy atom. The molecule has 2 aromatic heterocycles. The molecule has 1 aliphatic heterocycles. The quantitative estimate of drug-likeness (QED) is 0.580. The van der Waals surface area contributed by atoms with Gasteiger partial charge in [0.25, 0.3) is 5.88 Å². The molecule has 1 amide bonds. The molecule has 3 aromatic rings. The second-order valence-corrected chi connectivity index (χ2v) is 8.07. The third-order valence-electron chi connectivity index (χ3n) is 5.61. The van der Waals surface area contributed by atoms with Crippen LogP contribution in [0.1, 0.15) is 42.3 Å². The van der Waals surface area contributed by atoms with Crippen LogP contribution in [0.4, 0.5) is 15.8 Å². The number of pyridine rings is 1. The van der Waals surface area contributed by atoms with Crippen molar-refractivity contribution in [1.82, 2.24) is 15.0 Å². The molecule has 7 nitrogen and oxygen atoms in total. The van der Waals surface area contributed by atoms with Crippen LogP contribution in [0.15, 0.2) is 47.0 Å². The van der Waals surface area contributed by atoms with Gasteiger partial charge in [0.2, 0.25) is 5.91 Å². The van der Waals surface area contributed by atoms with E-state index in [2.05, 4.69) is 10.5 Å². The van der Waals surface area contributed by atoms with Gasteiger partial charge in [0, 0.05) is 60.7 Å². The van der Waals surface area contributed by atoms with E-state index in [0.717, 1.165) is 36.5 Å². The molecule has 8 heteroatoms. The second-order valence-electron chi connectivity index (χ2n) is 8.07. The molecule has 1 fully saturated rings. The van der Waals surface area contributed by atoms with Crippen LogP contribution in [0.3, 0.4) is 0 Å². The number of halogens is 1. The van der Waals surface area contributed by atoms with E-state index in [0.29, 0.717) is 36.7 Å². The molecule has 1 N–H and O–H groups in total. The SMILES string of the molecule is COc1cc(CCC(=O)N2CCCC(c3cc(Nc4cccc(F)c4)cc(C)n3)C2)on1. The summed E-state index contributed by atoms with van der Waals surface area (Å²) in [6.07, 6.45) is 2.74. The fraction of sp³-hybridized carbons (Fsp3) is 0.375. The van der Waals surface area contributed by atoms with Crippen LogP contribution in [-0.2, 0) is 11.2 Å². The van der Waals surface area contributed by atoms with Gasteiger partial charge in [-0.05, 0) is 55.3 Å². The van der Waals surface area contributed by atoms with Crippen LogP contribution in [0, 0.1) is 12.7 Å². The number of ether oxygens (including phenoxy) is 1. The lowest BCUT2D eigenvalue weighted by molar-refractivity contribution is -0.132. The van der Waals surface area contributed by atoms with Crippen LogP contribution < -0.4 is 10.1 Å². The number of likely N-dealkylation sites (tertiary alicyclic amines) is 1. The van der Waals surface area contributed by atoms with E-state index in [1.165, 1.54) is 19.2 Å². The molecule has 0 aliphatic carbocycles. The zero-order valence-corrected chi connectivity index (χ0v) is 18.3. The maximum Gasteiger partial charge on any atom is 0.254 e. The van der Waals surface area contributed by atoms with E-state index in [1.807, 2.05) is 30.0 Å². The van der Waals surface area contributed by atoms with E-state index in [9.17, 15) is 9.18 Å². The molecule has 32 heavy (non-hydrogen) atoms. The Morgan fingerprint density at radius 3 is 2.94 bits per heavy atom. The molecule has 168 valence electrons. The smallest absolute Gasteiger partial charge is 0.254 e. The molecule has 4 rings (SSSR count). The largest absolute Gasteiger partial charge is 0.479 e. The molecule has 1 saturated heterocycles. The molecular weight excluding hydrogens is 411 g/mol. The lowest BCUT2D eigenvalue weighted by Crippen LogP contribution is -2.39. The van der Waals surface area contributed by atoms with Gasteiger partial charge in [-0.1, -0.05) is 6.07 Å². The van der Waals surface area contributed by atoms with Gasteiger partial charge < -0.3 is 19.5 Å². The molecule has 3 heterocycles. The summed E-state index contributed by atoms with van der Waals surface area (Å²) in [5, 5.41) is 7.03. The van der Waals surface area contributed by atoms with E-state index >= 15 is 0 Å². The van der Waals surface area contributed by atoms with E-state index in [4.69, 9.17) is 14.2 Å². The summed E-state index contributed by atoms with van der Waals surface area (Å²) in [7, 11) is 1.53. The molecule has 1 unspecified atom stereocenters. The normalized spacial score (nSPS) is 16.1. The summed E-state index contributed by atoms with van der Waals surface area (Å²) < 4.78 is 23.7. The Morgan fingerprint density at radius 2 is 2.16 bits per heavy atom. The van der Waals surface area contributed by atoms with Gasteiger partial charge in [-0.25, -0.2) is 4.39 Å². The first-order valence-corrected chi connectivity index (χ1v) is 10.8. The van der Waals surface area contributed by atoms with Gasteiger partial charge in [0.1, 0.15) is 11.6 Å². The molecule has 0 saturated carbocycles. The van der Waals surface area contributed by atoms with Crippen LogP contribution >= 0.6 is 0 Å².